The number of carboxylic acids is 1. The summed E-state index contributed by atoms with van der Waals surface area (Å²) < 4.78 is 0. The van der Waals surface area contributed by atoms with E-state index in [1.165, 1.54) is 11.3 Å². The lowest BCUT2D eigenvalue weighted by Crippen LogP contribution is -2.34. The number of aliphatic carboxylic acids is 1. The second kappa shape index (κ2) is 5.52. The molecule has 1 aromatic heterocycles. The first-order valence-corrected chi connectivity index (χ1v) is 7.63. The molecule has 0 aromatic carbocycles. The average Bonchev–Trinajstić information content (AvgIpc) is 3.05. The van der Waals surface area contributed by atoms with Crippen molar-refractivity contribution in [1.82, 2.24) is 10.3 Å². The van der Waals surface area contributed by atoms with Crippen LogP contribution in [0.15, 0.2) is 0 Å². The van der Waals surface area contributed by atoms with Gasteiger partial charge < -0.3 is 10.4 Å². The third kappa shape index (κ3) is 3.17. The lowest BCUT2D eigenvalue weighted by molar-refractivity contribution is -0.143. The molecule has 1 aliphatic rings. The van der Waals surface area contributed by atoms with E-state index in [0.29, 0.717) is 23.6 Å². The number of aryl methyl sites for hydroxylation is 1. The highest BCUT2D eigenvalue weighted by atomic mass is 32.1. The second-order valence-electron chi connectivity index (χ2n) is 5.87. The first kappa shape index (κ1) is 15.0. The molecule has 1 aliphatic carbocycles. The first-order valence-electron chi connectivity index (χ1n) is 6.82. The van der Waals surface area contributed by atoms with Gasteiger partial charge in [-0.3, -0.25) is 9.59 Å². The number of hydrogen-bond donors (Lipinski definition) is 2. The Morgan fingerprint density at radius 3 is 2.60 bits per heavy atom. The van der Waals surface area contributed by atoms with E-state index < -0.39 is 11.4 Å². The van der Waals surface area contributed by atoms with E-state index in [2.05, 4.69) is 24.1 Å². The maximum atomic E-state index is 12.2. The number of carbonyl (C=O) groups is 2. The number of rotatable bonds is 6. The predicted octanol–water partition coefficient (Wildman–Crippen LogP) is 2.24. The topological polar surface area (TPSA) is 79.3 Å². The van der Waals surface area contributed by atoms with Gasteiger partial charge in [-0.05, 0) is 32.1 Å². The smallest absolute Gasteiger partial charge is 0.311 e. The van der Waals surface area contributed by atoms with Crippen LogP contribution in [-0.4, -0.2) is 28.5 Å². The summed E-state index contributed by atoms with van der Waals surface area (Å²) in [4.78, 5) is 28.3. The number of carbonyl (C=O) groups excluding carboxylic acids is 1. The van der Waals surface area contributed by atoms with E-state index in [1.54, 1.807) is 0 Å². The molecule has 0 aliphatic heterocycles. The molecule has 0 spiro atoms. The fourth-order valence-electron chi connectivity index (χ4n) is 2.12. The van der Waals surface area contributed by atoms with Crippen LogP contribution in [-0.2, 0) is 11.2 Å². The Hall–Kier alpha value is -1.43. The van der Waals surface area contributed by atoms with Gasteiger partial charge in [-0.25, -0.2) is 4.98 Å². The van der Waals surface area contributed by atoms with Crippen molar-refractivity contribution < 1.29 is 14.7 Å². The molecule has 1 saturated carbocycles. The number of aromatic nitrogens is 1. The molecule has 0 unspecified atom stereocenters. The molecule has 2 rings (SSSR count). The zero-order valence-corrected chi connectivity index (χ0v) is 12.8. The van der Waals surface area contributed by atoms with Gasteiger partial charge >= 0.3 is 5.97 Å². The third-order valence-corrected chi connectivity index (χ3v) is 4.52. The molecule has 5 nitrogen and oxygen atoms in total. The molecule has 2 N–H and O–H groups in total. The van der Waals surface area contributed by atoms with Crippen LogP contribution in [0.4, 0.5) is 0 Å². The van der Waals surface area contributed by atoms with Crippen LogP contribution in [0.5, 0.6) is 0 Å². The normalized spacial score (nSPS) is 16.2. The van der Waals surface area contributed by atoms with E-state index in [0.717, 1.165) is 17.1 Å². The average molecular weight is 296 g/mol. The van der Waals surface area contributed by atoms with Crippen LogP contribution < -0.4 is 5.32 Å². The molecule has 1 fully saturated rings. The molecular weight excluding hydrogens is 276 g/mol. The molecule has 1 aromatic rings. The fourth-order valence-corrected chi connectivity index (χ4v) is 2.98. The Bertz CT molecular complexity index is 533. The summed E-state index contributed by atoms with van der Waals surface area (Å²) in [7, 11) is 0. The maximum Gasteiger partial charge on any atom is 0.311 e. The minimum absolute atomic E-state index is 0.196. The summed E-state index contributed by atoms with van der Waals surface area (Å²) in [5.74, 6) is -0.587. The number of carboxylic acid groups (broad SMARTS) is 1. The van der Waals surface area contributed by atoms with Crippen molar-refractivity contribution in [3.63, 3.8) is 0 Å². The van der Waals surface area contributed by atoms with Gasteiger partial charge in [-0.1, -0.05) is 13.8 Å². The number of nitrogens with one attached hydrogen (secondary N) is 1. The number of thiazole rings is 1. The zero-order chi connectivity index (χ0) is 14.9. The number of amides is 1. The van der Waals surface area contributed by atoms with Crippen LogP contribution in [0.2, 0.25) is 0 Å². The molecule has 1 amide bonds. The summed E-state index contributed by atoms with van der Waals surface area (Å²) in [5, 5.41) is 12.7. The molecule has 6 heteroatoms. The van der Waals surface area contributed by atoms with Crippen molar-refractivity contribution in [1.29, 1.82) is 0 Å². The zero-order valence-electron chi connectivity index (χ0n) is 12.0. The molecule has 0 bridgehead atoms. The summed E-state index contributed by atoms with van der Waals surface area (Å²) in [6, 6.07) is 0. The van der Waals surface area contributed by atoms with Crippen LogP contribution >= 0.6 is 11.3 Å². The SMILES string of the molecule is Cc1nc(CC(C)C)c(C(=O)NCC2(C(=O)O)CC2)s1. The molecule has 20 heavy (non-hydrogen) atoms. The minimum atomic E-state index is -0.819. The van der Waals surface area contributed by atoms with Crippen molar-refractivity contribution in [2.75, 3.05) is 6.54 Å². The summed E-state index contributed by atoms with van der Waals surface area (Å²) >= 11 is 1.37. The van der Waals surface area contributed by atoms with Crippen molar-refractivity contribution in [2.24, 2.45) is 11.3 Å². The van der Waals surface area contributed by atoms with Crippen molar-refractivity contribution in [3.05, 3.63) is 15.6 Å². The highest BCUT2D eigenvalue weighted by molar-refractivity contribution is 7.13. The lowest BCUT2D eigenvalue weighted by Gasteiger charge is -2.11. The molecular formula is C14H20N2O3S. The van der Waals surface area contributed by atoms with Gasteiger partial charge in [-0.2, -0.15) is 0 Å². The highest BCUT2D eigenvalue weighted by Crippen LogP contribution is 2.45. The van der Waals surface area contributed by atoms with E-state index in [4.69, 9.17) is 5.11 Å². The molecule has 0 radical (unpaired) electrons. The van der Waals surface area contributed by atoms with Crippen LogP contribution in [0, 0.1) is 18.3 Å². The van der Waals surface area contributed by atoms with Gasteiger partial charge in [-0.15, -0.1) is 11.3 Å². The first-order chi connectivity index (χ1) is 9.34. The summed E-state index contributed by atoms with van der Waals surface area (Å²) in [6.45, 7) is 6.25. The Labute approximate surface area is 122 Å². The number of hydrogen-bond acceptors (Lipinski definition) is 4. The van der Waals surface area contributed by atoms with E-state index in [1.807, 2.05) is 6.92 Å². The minimum Gasteiger partial charge on any atom is -0.481 e. The predicted molar refractivity (Wildman–Crippen MR) is 77.0 cm³/mol. The lowest BCUT2D eigenvalue weighted by atomic mass is 10.1. The van der Waals surface area contributed by atoms with E-state index in [9.17, 15) is 9.59 Å². The van der Waals surface area contributed by atoms with Crippen LogP contribution in [0.1, 0.15) is 47.1 Å². The van der Waals surface area contributed by atoms with Crippen molar-refractivity contribution >= 4 is 23.2 Å². The largest absolute Gasteiger partial charge is 0.481 e. The second-order valence-corrected chi connectivity index (χ2v) is 7.08. The monoisotopic (exact) mass is 296 g/mol. The third-order valence-electron chi connectivity index (χ3n) is 3.51. The summed E-state index contributed by atoms with van der Waals surface area (Å²) in [6.07, 6.45) is 2.05. The molecule has 110 valence electrons. The van der Waals surface area contributed by atoms with E-state index >= 15 is 0 Å². The van der Waals surface area contributed by atoms with Crippen LogP contribution in [0.25, 0.3) is 0 Å². The quantitative estimate of drug-likeness (QED) is 0.844. The Morgan fingerprint density at radius 2 is 2.10 bits per heavy atom. The van der Waals surface area contributed by atoms with Gasteiger partial charge in [0.15, 0.2) is 0 Å². The Balaban J connectivity index is 2.04. The van der Waals surface area contributed by atoms with Gasteiger partial charge in [0, 0.05) is 6.54 Å². The Kier molecular flexibility index (Phi) is 4.13. The van der Waals surface area contributed by atoms with Crippen molar-refractivity contribution in [3.8, 4) is 0 Å². The van der Waals surface area contributed by atoms with Gasteiger partial charge in [0.1, 0.15) is 4.88 Å². The van der Waals surface area contributed by atoms with Gasteiger partial charge in [0.25, 0.3) is 5.91 Å². The maximum absolute atomic E-state index is 12.2. The fraction of sp³-hybridized carbons (Fsp3) is 0.643. The van der Waals surface area contributed by atoms with E-state index in [-0.39, 0.29) is 12.5 Å². The summed E-state index contributed by atoms with van der Waals surface area (Å²) in [5.41, 5.74) is 0.0910. The Morgan fingerprint density at radius 1 is 1.45 bits per heavy atom. The highest BCUT2D eigenvalue weighted by Gasteiger charge is 2.50. The van der Waals surface area contributed by atoms with Gasteiger partial charge in [0.05, 0.1) is 16.1 Å². The standard InChI is InChI=1S/C14H20N2O3S/c1-8(2)6-10-11(20-9(3)16-10)12(17)15-7-14(4-5-14)13(18)19/h8H,4-7H2,1-3H3,(H,15,17)(H,18,19). The van der Waals surface area contributed by atoms with Gasteiger partial charge in [0.2, 0.25) is 0 Å². The molecule has 0 atom stereocenters. The van der Waals surface area contributed by atoms with Crippen molar-refractivity contribution in [2.45, 2.75) is 40.0 Å². The van der Waals surface area contributed by atoms with Crippen LogP contribution in [0.3, 0.4) is 0 Å². The molecule has 0 saturated heterocycles. The molecule has 1 heterocycles. The number of nitrogens with zero attached hydrogens (tertiary/aromatic N) is 1.